The van der Waals surface area contributed by atoms with Crippen LogP contribution in [0, 0.1) is 0 Å². The molecule has 0 saturated heterocycles. The van der Waals surface area contributed by atoms with Crippen LogP contribution in [0.2, 0.25) is 0 Å². The Morgan fingerprint density at radius 2 is 2.00 bits per heavy atom. The van der Waals surface area contributed by atoms with Crippen molar-refractivity contribution in [2.45, 2.75) is 70.4 Å². The molecule has 1 aromatic rings. The van der Waals surface area contributed by atoms with E-state index in [-0.39, 0.29) is 5.78 Å². The van der Waals surface area contributed by atoms with Gasteiger partial charge in [-0.1, -0.05) is 13.8 Å². The monoisotopic (exact) mass is 264 g/mol. The summed E-state index contributed by atoms with van der Waals surface area (Å²) in [6.07, 6.45) is 6.85. The van der Waals surface area contributed by atoms with Gasteiger partial charge in [-0.2, -0.15) is 5.10 Å². The van der Waals surface area contributed by atoms with Crippen molar-refractivity contribution in [3.05, 3.63) is 18.0 Å². The minimum atomic E-state index is -0.735. The highest BCUT2D eigenvalue weighted by molar-refractivity contribution is 5.79. The maximum absolute atomic E-state index is 11.2. The first-order valence-electron chi connectivity index (χ1n) is 7.34. The minimum Gasteiger partial charge on any atom is -0.389 e. The van der Waals surface area contributed by atoms with Crippen LogP contribution in [0.5, 0.6) is 0 Å². The Morgan fingerprint density at radius 3 is 2.58 bits per heavy atom. The first-order valence-corrected chi connectivity index (χ1v) is 7.34. The van der Waals surface area contributed by atoms with Crippen molar-refractivity contribution in [2.75, 3.05) is 0 Å². The molecule has 106 valence electrons. The zero-order chi connectivity index (χ0) is 13.9. The highest BCUT2D eigenvalue weighted by atomic mass is 16.3. The average Bonchev–Trinajstić information content (AvgIpc) is 2.83. The smallest absolute Gasteiger partial charge is 0.133 e. The lowest BCUT2D eigenvalue weighted by Crippen LogP contribution is -2.36. The number of carbonyl (C=O) groups is 1. The molecule has 1 aliphatic carbocycles. The molecule has 4 heteroatoms. The van der Waals surface area contributed by atoms with Gasteiger partial charge in [0.2, 0.25) is 0 Å². The Hall–Kier alpha value is -1.16. The van der Waals surface area contributed by atoms with Crippen molar-refractivity contribution in [3.8, 4) is 0 Å². The van der Waals surface area contributed by atoms with Crippen molar-refractivity contribution < 1.29 is 9.90 Å². The number of Topliss-reactive ketones (excluding diaryl/α,β-unsaturated/α-hetero) is 1. The van der Waals surface area contributed by atoms with Gasteiger partial charge in [0.15, 0.2) is 0 Å². The highest BCUT2D eigenvalue weighted by Gasteiger charge is 2.33. The van der Waals surface area contributed by atoms with Crippen molar-refractivity contribution in [1.82, 2.24) is 9.78 Å². The van der Waals surface area contributed by atoms with E-state index in [9.17, 15) is 9.90 Å². The Bertz CT molecular complexity index is 425. The van der Waals surface area contributed by atoms with E-state index < -0.39 is 5.60 Å². The fourth-order valence-corrected chi connectivity index (χ4v) is 2.85. The second-order valence-corrected chi connectivity index (χ2v) is 5.70. The maximum atomic E-state index is 11.2. The molecule has 0 unspecified atom stereocenters. The zero-order valence-electron chi connectivity index (χ0n) is 11.9. The number of aliphatic hydroxyl groups is 1. The summed E-state index contributed by atoms with van der Waals surface area (Å²) in [5.74, 6) is 0.271. The van der Waals surface area contributed by atoms with Gasteiger partial charge in [-0.05, 0) is 31.7 Å². The molecular weight excluding hydrogens is 240 g/mol. The second kappa shape index (κ2) is 5.87. The topological polar surface area (TPSA) is 55.1 Å². The normalized spacial score (nSPS) is 19.1. The summed E-state index contributed by atoms with van der Waals surface area (Å²) in [5.41, 5.74) is 0.199. The fraction of sp³-hybridized carbons (Fsp3) is 0.733. The van der Waals surface area contributed by atoms with Gasteiger partial charge in [-0.3, -0.25) is 9.48 Å². The van der Waals surface area contributed by atoms with Gasteiger partial charge in [0.05, 0.1) is 17.3 Å². The van der Waals surface area contributed by atoms with Crippen LogP contribution in [0.1, 0.15) is 64.1 Å². The summed E-state index contributed by atoms with van der Waals surface area (Å²) in [4.78, 5) is 11.2. The summed E-state index contributed by atoms with van der Waals surface area (Å²) in [7, 11) is 0. The molecule has 0 bridgehead atoms. The van der Waals surface area contributed by atoms with E-state index in [0.717, 1.165) is 18.5 Å². The first-order chi connectivity index (χ1) is 9.06. The van der Waals surface area contributed by atoms with Crippen molar-refractivity contribution in [3.63, 3.8) is 0 Å². The average molecular weight is 264 g/mol. The molecule has 2 rings (SSSR count). The number of ketones is 1. The maximum Gasteiger partial charge on any atom is 0.133 e. The molecule has 19 heavy (non-hydrogen) atoms. The number of rotatable bonds is 5. The van der Waals surface area contributed by atoms with E-state index in [1.54, 1.807) is 0 Å². The third kappa shape index (κ3) is 3.44. The molecule has 4 nitrogen and oxygen atoms in total. The predicted molar refractivity (Wildman–Crippen MR) is 74.0 cm³/mol. The minimum absolute atomic E-state index is 0.271. The lowest BCUT2D eigenvalue weighted by Gasteiger charge is -2.30. The van der Waals surface area contributed by atoms with Crippen LogP contribution in [0.4, 0.5) is 0 Å². The highest BCUT2D eigenvalue weighted by Crippen LogP contribution is 2.29. The van der Waals surface area contributed by atoms with Crippen LogP contribution in [0.25, 0.3) is 0 Å². The standard InChI is InChI=1S/C15H24N2O2/c1-3-13(4-2)17-10-7-12(16-17)11-15(19)8-5-14(18)6-9-15/h7,10,13,19H,3-6,8-9,11H2,1-2H3. The molecule has 1 fully saturated rings. The van der Waals surface area contributed by atoms with E-state index in [0.29, 0.717) is 38.1 Å². The van der Waals surface area contributed by atoms with Crippen molar-refractivity contribution >= 4 is 5.78 Å². The number of carbonyl (C=O) groups excluding carboxylic acids is 1. The van der Waals surface area contributed by atoms with Gasteiger partial charge in [-0.25, -0.2) is 0 Å². The molecule has 1 saturated carbocycles. The summed E-state index contributed by atoms with van der Waals surface area (Å²) in [6, 6.07) is 2.43. The molecule has 0 radical (unpaired) electrons. The third-order valence-corrected chi connectivity index (χ3v) is 4.23. The number of nitrogens with zero attached hydrogens (tertiary/aromatic N) is 2. The summed E-state index contributed by atoms with van der Waals surface area (Å²) >= 11 is 0. The molecule has 0 aliphatic heterocycles. The lowest BCUT2D eigenvalue weighted by atomic mass is 9.81. The molecule has 1 aliphatic rings. The summed E-state index contributed by atoms with van der Waals surface area (Å²) in [6.45, 7) is 4.33. The lowest BCUT2D eigenvalue weighted by molar-refractivity contribution is -0.125. The molecule has 1 N–H and O–H groups in total. The van der Waals surface area contributed by atoms with Gasteiger partial charge >= 0.3 is 0 Å². The van der Waals surface area contributed by atoms with E-state index >= 15 is 0 Å². The molecule has 0 amide bonds. The van der Waals surface area contributed by atoms with Crippen LogP contribution in [-0.4, -0.2) is 26.3 Å². The van der Waals surface area contributed by atoms with Gasteiger partial charge in [0, 0.05) is 25.5 Å². The van der Waals surface area contributed by atoms with Gasteiger partial charge in [0.25, 0.3) is 0 Å². The number of aromatic nitrogens is 2. The van der Waals surface area contributed by atoms with Crippen LogP contribution in [-0.2, 0) is 11.2 Å². The summed E-state index contributed by atoms with van der Waals surface area (Å²) < 4.78 is 2.01. The van der Waals surface area contributed by atoms with Crippen LogP contribution >= 0.6 is 0 Å². The number of hydrogen-bond donors (Lipinski definition) is 1. The molecular formula is C15H24N2O2. The second-order valence-electron chi connectivity index (χ2n) is 5.70. The third-order valence-electron chi connectivity index (χ3n) is 4.23. The fourth-order valence-electron chi connectivity index (χ4n) is 2.85. The van der Waals surface area contributed by atoms with Crippen molar-refractivity contribution in [2.24, 2.45) is 0 Å². The van der Waals surface area contributed by atoms with Gasteiger partial charge < -0.3 is 5.11 Å². The van der Waals surface area contributed by atoms with Gasteiger partial charge in [-0.15, -0.1) is 0 Å². The largest absolute Gasteiger partial charge is 0.389 e. The van der Waals surface area contributed by atoms with E-state index in [1.165, 1.54) is 0 Å². The molecule has 1 heterocycles. The Balaban J connectivity index is 2.01. The SMILES string of the molecule is CCC(CC)n1ccc(CC2(O)CCC(=O)CC2)n1. The van der Waals surface area contributed by atoms with Crippen LogP contribution in [0.3, 0.4) is 0 Å². The van der Waals surface area contributed by atoms with E-state index in [2.05, 4.69) is 18.9 Å². The first kappa shape index (κ1) is 14.3. The predicted octanol–water partition coefficient (Wildman–Crippen LogP) is 2.66. The molecule has 0 atom stereocenters. The summed E-state index contributed by atoms with van der Waals surface area (Å²) in [5, 5.41) is 15.1. The molecule has 0 spiro atoms. The van der Waals surface area contributed by atoms with Gasteiger partial charge in [0.1, 0.15) is 5.78 Å². The van der Waals surface area contributed by atoms with Crippen LogP contribution < -0.4 is 0 Å². The van der Waals surface area contributed by atoms with Crippen molar-refractivity contribution in [1.29, 1.82) is 0 Å². The number of hydrogen-bond acceptors (Lipinski definition) is 3. The Morgan fingerprint density at radius 1 is 1.37 bits per heavy atom. The van der Waals surface area contributed by atoms with E-state index in [1.807, 2.05) is 16.9 Å². The zero-order valence-corrected chi connectivity index (χ0v) is 11.9. The Kier molecular flexibility index (Phi) is 4.40. The Labute approximate surface area is 114 Å². The van der Waals surface area contributed by atoms with Crippen LogP contribution in [0.15, 0.2) is 12.3 Å². The van der Waals surface area contributed by atoms with E-state index in [4.69, 9.17) is 0 Å². The molecule has 1 aromatic heterocycles. The quantitative estimate of drug-likeness (QED) is 0.889. The molecule has 0 aromatic carbocycles.